The van der Waals surface area contributed by atoms with Crippen LogP contribution in [0.5, 0.6) is 0 Å². The molecule has 0 aliphatic rings. The summed E-state index contributed by atoms with van der Waals surface area (Å²) >= 11 is 0. The van der Waals surface area contributed by atoms with E-state index in [1.54, 1.807) is 0 Å². The lowest BCUT2D eigenvalue weighted by molar-refractivity contribution is 1.18. The summed E-state index contributed by atoms with van der Waals surface area (Å²) in [5.41, 5.74) is 23.1. The summed E-state index contributed by atoms with van der Waals surface area (Å²) in [7, 11) is 0. The highest BCUT2D eigenvalue weighted by molar-refractivity contribution is 6.11. The van der Waals surface area contributed by atoms with E-state index in [4.69, 9.17) is 0 Å². The second kappa shape index (κ2) is 20.7. The van der Waals surface area contributed by atoms with E-state index in [2.05, 4.69) is 347 Å². The van der Waals surface area contributed by atoms with E-state index >= 15 is 0 Å². The Bertz CT molecular complexity index is 4420. The summed E-state index contributed by atoms with van der Waals surface area (Å²) in [6, 6.07) is 118. The Morgan fingerprint density at radius 1 is 0.171 bits per heavy atom. The van der Waals surface area contributed by atoms with Gasteiger partial charge in [-0.15, -0.1) is 0 Å². The van der Waals surface area contributed by atoms with Gasteiger partial charge >= 0.3 is 0 Å². The van der Waals surface area contributed by atoms with Crippen molar-refractivity contribution in [1.82, 2.24) is 9.13 Å². The third kappa shape index (κ3) is 8.76. The van der Waals surface area contributed by atoms with Crippen molar-refractivity contribution >= 4 is 77.7 Å². The molecule has 0 saturated heterocycles. The standard InChI is InChI=1S/C78H54N4/c1-5-17-63(18-6-1)79(69-47-37-59(38-48-69)61-41-51-77-73(53-61)71-25-13-15-27-75(71)81(77)65-21-9-3-10-22-65)67-43-33-57(34-44-67)55-29-31-56(32-30-55)58-35-45-68(46-36-58)80(64-19-7-2-8-20-64)70-49-39-60(40-50-70)62-42-52-78-74(54-62)72-26-14-16-28-76(72)82(78)66-23-11-4-12-24-66/h1-54H. The molecule has 386 valence electrons. The van der Waals surface area contributed by atoms with Gasteiger partial charge in [0.15, 0.2) is 0 Å². The highest BCUT2D eigenvalue weighted by atomic mass is 15.1. The maximum Gasteiger partial charge on any atom is 0.0541 e. The van der Waals surface area contributed by atoms with Crippen LogP contribution in [-0.4, -0.2) is 9.13 Å². The third-order valence-electron chi connectivity index (χ3n) is 16.1. The van der Waals surface area contributed by atoms with Crippen LogP contribution in [0.1, 0.15) is 0 Å². The minimum absolute atomic E-state index is 1.09. The van der Waals surface area contributed by atoms with E-state index in [0.29, 0.717) is 0 Å². The van der Waals surface area contributed by atoms with E-state index < -0.39 is 0 Å². The minimum Gasteiger partial charge on any atom is -0.311 e. The topological polar surface area (TPSA) is 16.3 Å². The Morgan fingerprint density at radius 2 is 0.402 bits per heavy atom. The van der Waals surface area contributed by atoms with Gasteiger partial charge in [0, 0.05) is 67.0 Å². The van der Waals surface area contributed by atoms with E-state index in [0.717, 1.165) is 45.5 Å². The normalized spacial score (nSPS) is 11.4. The highest BCUT2D eigenvalue weighted by Crippen LogP contribution is 2.42. The van der Waals surface area contributed by atoms with Crippen LogP contribution in [0, 0.1) is 0 Å². The molecule has 0 bridgehead atoms. The van der Waals surface area contributed by atoms with E-state index in [1.165, 1.54) is 88.1 Å². The van der Waals surface area contributed by atoms with Crippen LogP contribution in [0.25, 0.3) is 99.5 Å². The van der Waals surface area contributed by atoms with Gasteiger partial charge in [-0.05, 0) is 178 Å². The Labute approximate surface area is 477 Å². The van der Waals surface area contributed by atoms with Crippen molar-refractivity contribution in [1.29, 1.82) is 0 Å². The number of para-hydroxylation sites is 6. The number of benzene rings is 13. The molecule has 15 aromatic rings. The molecule has 0 fully saturated rings. The maximum absolute atomic E-state index is 2.37. The van der Waals surface area contributed by atoms with Gasteiger partial charge in [-0.2, -0.15) is 0 Å². The van der Waals surface area contributed by atoms with Crippen LogP contribution in [-0.2, 0) is 0 Å². The summed E-state index contributed by atoms with van der Waals surface area (Å²) in [4.78, 5) is 4.66. The largest absolute Gasteiger partial charge is 0.311 e. The van der Waals surface area contributed by atoms with Gasteiger partial charge < -0.3 is 18.9 Å². The van der Waals surface area contributed by atoms with Gasteiger partial charge in [0.05, 0.1) is 22.1 Å². The second-order valence-corrected chi connectivity index (χ2v) is 20.9. The third-order valence-corrected chi connectivity index (χ3v) is 16.1. The number of fused-ring (bicyclic) bond motifs is 6. The molecular weight excluding hydrogens is 993 g/mol. The molecule has 0 amide bonds. The molecule has 0 unspecified atom stereocenters. The summed E-state index contributed by atoms with van der Waals surface area (Å²) in [6.45, 7) is 0. The number of aromatic nitrogens is 2. The molecule has 0 N–H and O–H groups in total. The predicted molar refractivity (Wildman–Crippen MR) is 346 cm³/mol. The number of nitrogens with zero attached hydrogens (tertiary/aromatic N) is 4. The summed E-state index contributed by atoms with van der Waals surface area (Å²) in [5.74, 6) is 0. The second-order valence-electron chi connectivity index (χ2n) is 20.9. The fourth-order valence-corrected chi connectivity index (χ4v) is 12.1. The van der Waals surface area contributed by atoms with Gasteiger partial charge in [0.1, 0.15) is 0 Å². The average molecular weight is 1050 g/mol. The molecule has 4 heteroatoms. The molecule has 0 saturated carbocycles. The van der Waals surface area contributed by atoms with Crippen molar-refractivity contribution in [2.75, 3.05) is 9.80 Å². The Morgan fingerprint density at radius 3 is 0.732 bits per heavy atom. The lowest BCUT2D eigenvalue weighted by Gasteiger charge is -2.26. The maximum atomic E-state index is 2.37. The summed E-state index contributed by atoms with van der Waals surface area (Å²) in [5, 5.41) is 4.99. The summed E-state index contributed by atoms with van der Waals surface area (Å²) in [6.07, 6.45) is 0. The van der Waals surface area contributed by atoms with Gasteiger partial charge in [-0.1, -0.05) is 194 Å². The fraction of sp³-hybridized carbons (Fsp3) is 0. The van der Waals surface area contributed by atoms with Crippen molar-refractivity contribution in [3.05, 3.63) is 328 Å². The molecular formula is C78H54N4. The quantitative estimate of drug-likeness (QED) is 0.121. The molecule has 0 atom stereocenters. The smallest absolute Gasteiger partial charge is 0.0541 e. The number of hydrogen-bond donors (Lipinski definition) is 0. The number of hydrogen-bond acceptors (Lipinski definition) is 2. The molecule has 0 radical (unpaired) electrons. The van der Waals surface area contributed by atoms with Gasteiger partial charge in [-0.25, -0.2) is 0 Å². The van der Waals surface area contributed by atoms with Crippen molar-refractivity contribution < 1.29 is 0 Å². The molecule has 2 aromatic heterocycles. The van der Waals surface area contributed by atoms with E-state index in [-0.39, 0.29) is 0 Å². The molecule has 13 aromatic carbocycles. The van der Waals surface area contributed by atoms with E-state index in [9.17, 15) is 0 Å². The van der Waals surface area contributed by atoms with Crippen molar-refractivity contribution in [3.63, 3.8) is 0 Å². The first-order valence-electron chi connectivity index (χ1n) is 28.1. The molecule has 82 heavy (non-hydrogen) atoms. The van der Waals surface area contributed by atoms with Gasteiger partial charge in [0.25, 0.3) is 0 Å². The van der Waals surface area contributed by atoms with Crippen molar-refractivity contribution in [3.8, 4) is 55.9 Å². The predicted octanol–water partition coefficient (Wildman–Crippen LogP) is 21.5. The lowest BCUT2D eigenvalue weighted by Crippen LogP contribution is -2.09. The monoisotopic (exact) mass is 1050 g/mol. The first-order chi connectivity index (χ1) is 40.7. The molecule has 0 spiro atoms. The zero-order chi connectivity index (χ0) is 54.3. The molecule has 4 nitrogen and oxygen atoms in total. The SMILES string of the molecule is c1ccc(N(c2ccc(-c3ccc(-c4ccc(N(c5ccccc5)c5ccc(-c6ccc7c(c6)c6ccccc6n7-c6ccccc6)cc5)cc4)cc3)cc2)c2ccc(-c3ccc4c(c3)c3ccccc3n4-c3ccccc3)cc2)cc1. The lowest BCUT2D eigenvalue weighted by atomic mass is 9.99. The van der Waals surface area contributed by atoms with Crippen LogP contribution in [0.2, 0.25) is 0 Å². The Hall–Kier alpha value is -10.9. The first-order valence-corrected chi connectivity index (χ1v) is 28.1. The molecule has 15 rings (SSSR count). The van der Waals surface area contributed by atoms with Gasteiger partial charge in [0.2, 0.25) is 0 Å². The zero-order valence-electron chi connectivity index (χ0n) is 45.0. The molecule has 2 heterocycles. The Balaban J connectivity index is 0.670. The zero-order valence-corrected chi connectivity index (χ0v) is 45.0. The molecule has 0 aliphatic heterocycles. The number of rotatable bonds is 12. The number of anilines is 6. The van der Waals surface area contributed by atoms with Crippen LogP contribution in [0.4, 0.5) is 34.1 Å². The van der Waals surface area contributed by atoms with Crippen LogP contribution in [0.15, 0.2) is 328 Å². The van der Waals surface area contributed by atoms with Crippen molar-refractivity contribution in [2.24, 2.45) is 0 Å². The van der Waals surface area contributed by atoms with Crippen LogP contribution in [0.3, 0.4) is 0 Å². The van der Waals surface area contributed by atoms with Crippen molar-refractivity contribution in [2.45, 2.75) is 0 Å². The van der Waals surface area contributed by atoms with Crippen LogP contribution >= 0.6 is 0 Å². The minimum atomic E-state index is 1.09. The first kappa shape index (κ1) is 48.2. The fourth-order valence-electron chi connectivity index (χ4n) is 12.1. The Kier molecular flexibility index (Phi) is 12.2. The average Bonchev–Trinajstić information content (AvgIpc) is 4.26. The van der Waals surface area contributed by atoms with Gasteiger partial charge in [-0.3, -0.25) is 0 Å². The molecule has 0 aliphatic carbocycles. The van der Waals surface area contributed by atoms with Crippen LogP contribution < -0.4 is 9.80 Å². The summed E-state index contributed by atoms with van der Waals surface area (Å²) < 4.78 is 4.73. The van der Waals surface area contributed by atoms with E-state index in [1.807, 2.05) is 0 Å². The highest BCUT2D eigenvalue weighted by Gasteiger charge is 2.18.